The zero-order chi connectivity index (χ0) is 13.9. The van der Waals surface area contributed by atoms with Crippen molar-refractivity contribution in [2.24, 2.45) is 5.84 Å². The number of ether oxygens (including phenoxy) is 1. The van der Waals surface area contributed by atoms with Gasteiger partial charge in [-0.25, -0.2) is 0 Å². The Balaban J connectivity index is 1.72. The summed E-state index contributed by atoms with van der Waals surface area (Å²) in [6, 6.07) is 17.0. The average Bonchev–Trinajstić information content (AvgIpc) is 2.49. The second-order valence-corrected chi connectivity index (χ2v) is 5.33. The lowest BCUT2D eigenvalue weighted by atomic mass is 9.74. The summed E-state index contributed by atoms with van der Waals surface area (Å²) < 4.78 is 5.19. The SMILES string of the molecule is COc1ccc(C(CC2Cc3ccccc32)NN)cc1. The maximum Gasteiger partial charge on any atom is 0.118 e. The Labute approximate surface area is 119 Å². The number of benzene rings is 2. The summed E-state index contributed by atoms with van der Waals surface area (Å²) in [5.74, 6) is 7.22. The van der Waals surface area contributed by atoms with Crippen LogP contribution in [0.3, 0.4) is 0 Å². The van der Waals surface area contributed by atoms with E-state index in [0.29, 0.717) is 5.92 Å². The minimum absolute atomic E-state index is 0.180. The Kier molecular flexibility index (Phi) is 3.72. The molecule has 1 aliphatic carbocycles. The lowest BCUT2D eigenvalue weighted by Gasteiger charge is -2.33. The third-order valence-corrected chi connectivity index (χ3v) is 4.20. The fourth-order valence-corrected chi connectivity index (χ4v) is 2.99. The Morgan fingerprint density at radius 3 is 2.60 bits per heavy atom. The number of methoxy groups -OCH3 is 1. The van der Waals surface area contributed by atoms with Crippen LogP contribution in [-0.2, 0) is 6.42 Å². The summed E-state index contributed by atoms with van der Waals surface area (Å²) in [6.45, 7) is 0. The highest BCUT2D eigenvalue weighted by Crippen LogP contribution is 2.40. The van der Waals surface area contributed by atoms with Crippen LogP contribution in [0.4, 0.5) is 0 Å². The van der Waals surface area contributed by atoms with Crippen LogP contribution in [0.15, 0.2) is 48.5 Å². The van der Waals surface area contributed by atoms with Crippen LogP contribution in [0.1, 0.15) is 35.1 Å². The van der Waals surface area contributed by atoms with Crippen LogP contribution in [0.5, 0.6) is 5.75 Å². The second-order valence-electron chi connectivity index (χ2n) is 5.33. The molecule has 0 saturated carbocycles. The van der Waals surface area contributed by atoms with Gasteiger partial charge < -0.3 is 4.74 Å². The van der Waals surface area contributed by atoms with E-state index in [1.165, 1.54) is 16.7 Å². The van der Waals surface area contributed by atoms with Crippen molar-refractivity contribution in [1.82, 2.24) is 5.43 Å². The van der Waals surface area contributed by atoms with Crippen LogP contribution in [-0.4, -0.2) is 7.11 Å². The van der Waals surface area contributed by atoms with Crippen molar-refractivity contribution >= 4 is 0 Å². The Bertz CT molecular complexity index is 580. The molecule has 2 aromatic rings. The van der Waals surface area contributed by atoms with Crippen molar-refractivity contribution < 1.29 is 4.74 Å². The van der Waals surface area contributed by atoms with E-state index in [-0.39, 0.29) is 6.04 Å². The lowest BCUT2D eigenvalue weighted by Crippen LogP contribution is -2.31. The van der Waals surface area contributed by atoms with Gasteiger partial charge in [0.2, 0.25) is 0 Å². The highest BCUT2D eigenvalue weighted by atomic mass is 16.5. The lowest BCUT2D eigenvalue weighted by molar-refractivity contribution is 0.412. The first kappa shape index (κ1) is 13.2. The number of rotatable bonds is 5. The molecular weight excluding hydrogens is 248 g/mol. The van der Waals surface area contributed by atoms with Crippen molar-refractivity contribution in [3.63, 3.8) is 0 Å². The van der Waals surface area contributed by atoms with Gasteiger partial charge in [0, 0.05) is 6.04 Å². The molecule has 2 aromatic carbocycles. The molecule has 3 rings (SSSR count). The zero-order valence-electron chi connectivity index (χ0n) is 11.7. The summed E-state index contributed by atoms with van der Waals surface area (Å²) >= 11 is 0. The maximum absolute atomic E-state index is 5.74. The van der Waals surface area contributed by atoms with Gasteiger partial charge in [-0.15, -0.1) is 0 Å². The minimum Gasteiger partial charge on any atom is -0.497 e. The van der Waals surface area contributed by atoms with Crippen molar-refractivity contribution in [2.45, 2.75) is 24.8 Å². The monoisotopic (exact) mass is 268 g/mol. The molecule has 0 aliphatic heterocycles. The van der Waals surface area contributed by atoms with Crippen LogP contribution < -0.4 is 16.0 Å². The van der Waals surface area contributed by atoms with Crippen LogP contribution in [0.25, 0.3) is 0 Å². The van der Waals surface area contributed by atoms with Gasteiger partial charge in [-0.1, -0.05) is 36.4 Å². The number of fused-ring (bicyclic) bond motifs is 1. The summed E-state index contributed by atoms with van der Waals surface area (Å²) in [5, 5.41) is 0. The van der Waals surface area contributed by atoms with Crippen LogP contribution >= 0.6 is 0 Å². The Morgan fingerprint density at radius 1 is 1.20 bits per heavy atom. The van der Waals surface area contributed by atoms with E-state index < -0.39 is 0 Å². The topological polar surface area (TPSA) is 47.3 Å². The molecule has 0 bridgehead atoms. The van der Waals surface area contributed by atoms with Gasteiger partial charge in [-0.3, -0.25) is 11.3 Å². The quantitative estimate of drug-likeness (QED) is 0.647. The van der Waals surface area contributed by atoms with Gasteiger partial charge in [-0.2, -0.15) is 0 Å². The molecule has 3 N–H and O–H groups in total. The minimum atomic E-state index is 0.180. The molecule has 0 amide bonds. The molecular formula is C17H20N2O. The third-order valence-electron chi connectivity index (χ3n) is 4.20. The average molecular weight is 268 g/mol. The predicted octanol–water partition coefficient (Wildman–Crippen LogP) is 2.93. The van der Waals surface area contributed by atoms with E-state index in [0.717, 1.165) is 18.6 Å². The largest absolute Gasteiger partial charge is 0.497 e. The molecule has 3 heteroatoms. The van der Waals surface area contributed by atoms with Gasteiger partial charge in [-0.05, 0) is 47.6 Å². The molecule has 0 heterocycles. The molecule has 2 atom stereocenters. The molecule has 0 radical (unpaired) electrons. The number of nitrogens with two attached hydrogens (primary N) is 1. The van der Waals surface area contributed by atoms with Crippen molar-refractivity contribution in [3.05, 3.63) is 65.2 Å². The molecule has 1 aliphatic rings. The maximum atomic E-state index is 5.74. The fourth-order valence-electron chi connectivity index (χ4n) is 2.99. The first-order chi connectivity index (χ1) is 9.81. The molecule has 3 nitrogen and oxygen atoms in total. The van der Waals surface area contributed by atoms with Crippen molar-refractivity contribution in [1.29, 1.82) is 0 Å². The highest BCUT2D eigenvalue weighted by Gasteiger charge is 2.28. The zero-order valence-corrected chi connectivity index (χ0v) is 11.7. The molecule has 2 unspecified atom stereocenters. The second kappa shape index (κ2) is 5.65. The van der Waals surface area contributed by atoms with Gasteiger partial charge in [0.25, 0.3) is 0 Å². The van der Waals surface area contributed by atoms with E-state index >= 15 is 0 Å². The third kappa shape index (κ3) is 2.42. The number of hydrogen-bond acceptors (Lipinski definition) is 3. The van der Waals surface area contributed by atoms with Gasteiger partial charge in [0.1, 0.15) is 5.75 Å². The number of nitrogens with one attached hydrogen (secondary N) is 1. The first-order valence-electron chi connectivity index (χ1n) is 6.99. The Morgan fingerprint density at radius 2 is 1.95 bits per heavy atom. The highest BCUT2D eigenvalue weighted by molar-refractivity contribution is 5.40. The van der Waals surface area contributed by atoms with Gasteiger partial charge in [0.05, 0.1) is 7.11 Å². The van der Waals surface area contributed by atoms with E-state index in [4.69, 9.17) is 10.6 Å². The van der Waals surface area contributed by atoms with E-state index in [1.807, 2.05) is 12.1 Å². The molecule has 20 heavy (non-hydrogen) atoms. The molecule has 0 aromatic heterocycles. The normalized spacial score (nSPS) is 18.0. The molecule has 0 spiro atoms. The summed E-state index contributed by atoms with van der Waals surface area (Å²) in [4.78, 5) is 0. The van der Waals surface area contributed by atoms with Crippen molar-refractivity contribution in [2.75, 3.05) is 7.11 Å². The summed E-state index contributed by atoms with van der Waals surface area (Å²) in [6.07, 6.45) is 2.18. The first-order valence-corrected chi connectivity index (χ1v) is 6.99. The fraction of sp³-hybridized carbons (Fsp3) is 0.294. The van der Waals surface area contributed by atoms with E-state index in [1.54, 1.807) is 7.11 Å². The van der Waals surface area contributed by atoms with E-state index in [9.17, 15) is 0 Å². The molecule has 0 saturated heterocycles. The Hall–Kier alpha value is -1.84. The van der Waals surface area contributed by atoms with E-state index in [2.05, 4.69) is 41.8 Å². The van der Waals surface area contributed by atoms with Crippen molar-refractivity contribution in [3.8, 4) is 5.75 Å². The van der Waals surface area contributed by atoms with Crippen LogP contribution in [0.2, 0.25) is 0 Å². The number of hydrogen-bond donors (Lipinski definition) is 2. The van der Waals surface area contributed by atoms with Gasteiger partial charge in [0.15, 0.2) is 0 Å². The van der Waals surface area contributed by atoms with Gasteiger partial charge >= 0.3 is 0 Å². The predicted molar refractivity (Wildman–Crippen MR) is 80.6 cm³/mol. The molecule has 104 valence electrons. The standard InChI is InChI=1S/C17H20N2O/c1-20-15-8-6-12(7-9-15)17(19-18)11-14-10-13-4-2-3-5-16(13)14/h2-9,14,17,19H,10-11,18H2,1H3. The summed E-state index contributed by atoms with van der Waals surface area (Å²) in [7, 11) is 1.68. The molecule has 0 fully saturated rings. The van der Waals surface area contributed by atoms with Crippen LogP contribution in [0, 0.1) is 0 Å². The number of hydrazine groups is 1. The summed E-state index contributed by atoms with van der Waals surface area (Å²) in [5.41, 5.74) is 7.10. The smallest absolute Gasteiger partial charge is 0.118 e.